The second kappa shape index (κ2) is 7.68. The van der Waals surface area contributed by atoms with Gasteiger partial charge in [0.25, 0.3) is 0 Å². The van der Waals surface area contributed by atoms with Gasteiger partial charge in [0.1, 0.15) is 18.2 Å². The molecule has 0 amide bonds. The van der Waals surface area contributed by atoms with Crippen molar-refractivity contribution >= 4 is 28.2 Å². The van der Waals surface area contributed by atoms with Gasteiger partial charge in [0.2, 0.25) is 0 Å². The summed E-state index contributed by atoms with van der Waals surface area (Å²) in [5.41, 5.74) is 3.62. The maximum Gasteiger partial charge on any atom is 0.338 e. The van der Waals surface area contributed by atoms with Crippen molar-refractivity contribution in [3.8, 4) is 17.6 Å². The number of hydrogen-bond donors (Lipinski definition) is 1. The number of nitrogens with one attached hydrogen (secondary N) is 1. The Labute approximate surface area is 167 Å². The van der Waals surface area contributed by atoms with Crippen LogP contribution >= 0.6 is 0 Å². The molecule has 146 valence electrons. The van der Waals surface area contributed by atoms with E-state index in [0.29, 0.717) is 52.7 Å². The topological polar surface area (TPSA) is 93.5 Å². The molecule has 0 saturated heterocycles. The average Bonchev–Trinajstić information content (AvgIpc) is 3.10. The van der Waals surface area contributed by atoms with Gasteiger partial charge in [-0.2, -0.15) is 5.26 Å². The Bertz CT molecular complexity index is 1150. The molecule has 7 nitrogen and oxygen atoms in total. The van der Waals surface area contributed by atoms with E-state index in [0.717, 1.165) is 10.9 Å². The molecule has 0 unspecified atom stereocenters. The molecule has 0 saturated carbocycles. The fourth-order valence-electron chi connectivity index (χ4n) is 3.33. The van der Waals surface area contributed by atoms with Crippen LogP contribution in [0.1, 0.15) is 35.3 Å². The lowest BCUT2D eigenvalue weighted by Gasteiger charge is -2.16. The molecule has 1 aromatic heterocycles. The quantitative estimate of drug-likeness (QED) is 0.628. The van der Waals surface area contributed by atoms with Crippen molar-refractivity contribution in [2.45, 2.75) is 20.5 Å². The maximum absolute atomic E-state index is 11.9. The van der Waals surface area contributed by atoms with Crippen LogP contribution in [0.2, 0.25) is 0 Å². The second-order valence-electron chi connectivity index (χ2n) is 6.39. The summed E-state index contributed by atoms with van der Waals surface area (Å²) < 4.78 is 16.5. The molecule has 7 heteroatoms. The number of fused-ring (bicyclic) bond motifs is 2. The summed E-state index contributed by atoms with van der Waals surface area (Å²) in [5.74, 6) is 0.797. The second-order valence-corrected chi connectivity index (χ2v) is 6.39. The molecular formula is C22H19N3O4. The van der Waals surface area contributed by atoms with E-state index in [1.165, 1.54) is 6.20 Å². The fourth-order valence-corrected chi connectivity index (χ4v) is 3.33. The van der Waals surface area contributed by atoms with Crippen LogP contribution in [0.3, 0.4) is 0 Å². The van der Waals surface area contributed by atoms with Crippen LogP contribution in [0.25, 0.3) is 10.9 Å². The monoisotopic (exact) mass is 389 g/mol. The van der Waals surface area contributed by atoms with Crippen LogP contribution in [0, 0.1) is 11.3 Å². The lowest BCUT2D eigenvalue weighted by molar-refractivity contribution is 0.0535. The van der Waals surface area contributed by atoms with Gasteiger partial charge < -0.3 is 19.5 Å². The summed E-state index contributed by atoms with van der Waals surface area (Å²) in [5, 5.41) is 13.6. The molecular weight excluding hydrogens is 370 g/mol. The lowest BCUT2D eigenvalue weighted by atomic mass is 10.1. The first-order valence-corrected chi connectivity index (χ1v) is 9.34. The van der Waals surface area contributed by atoms with Gasteiger partial charge in [-0.3, -0.25) is 4.98 Å². The standard InChI is InChI=1S/C22H19N3O4/c1-3-27-18-8-7-16-19(14(10-23)11-24-20(16)21(18)28-4-2)25-15-6-5-13-12-29-22(26)17(13)9-15/h5-9,11H,3-4,12H2,1-2H3,(H,24,25). The van der Waals surface area contributed by atoms with Crippen LogP contribution in [0.15, 0.2) is 36.5 Å². The molecule has 1 aliphatic heterocycles. The number of pyridine rings is 1. The third-order valence-electron chi connectivity index (χ3n) is 4.62. The smallest absolute Gasteiger partial charge is 0.338 e. The SMILES string of the molecule is CCOc1ccc2c(Nc3ccc4c(c3)C(=O)OC4)c(C#N)cnc2c1OCC. The van der Waals surface area contributed by atoms with Gasteiger partial charge in [-0.05, 0) is 38.1 Å². The molecule has 0 radical (unpaired) electrons. The van der Waals surface area contributed by atoms with Crippen LogP contribution < -0.4 is 14.8 Å². The largest absolute Gasteiger partial charge is 0.490 e. The van der Waals surface area contributed by atoms with E-state index in [1.54, 1.807) is 6.07 Å². The molecule has 0 fully saturated rings. The summed E-state index contributed by atoms with van der Waals surface area (Å²) in [6, 6.07) is 11.3. The number of carbonyl (C=O) groups is 1. The number of rotatable bonds is 6. The molecule has 0 spiro atoms. The van der Waals surface area contributed by atoms with Crippen LogP contribution in [-0.4, -0.2) is 24.2 Å². The third-order valence-corrected chi connectivity index (χ3v) is 4.62. The molecule has 0 aliphatic carbocycles. The number of esters is 1. The molecule has 3 aromatic rings. The highest BCUT2D eigenvalue weighted by atomic mass is 16.5. The van der Waals surface area contributed by atoms with Crippen LogP contribution in [0.4, 0.5) is 11.4 Å². The Morgan fingerprint density at radius 1 is 1.21 bits per heavy atom. The van der Waals surface area contributed by atoms with E-state index < -0.39 is 0 Å². The van der Waals surface area contributed by atoms with Crippen molar-refractivity contribution in [2.24, 2.45) is 0 Å². The lowest BCUT2D eigenvalue weighted by Crippen LogP contribution is -2.03. The third kappa shape index (κ3) is 3.29. The molecule has 2 heterocycles. The van der Waals surface area contributed by atoms with Gasteiger partial charge in [-0.1, -0.05) is 6.07 Å². The molecule has 1 N–H and O–H groups in total. The molecule has 1 aliphatic rings. The molecule has 2 aromatic carbocycles. The van der Waals surface area contributed by atoms with E-state index in [1.807, 2.05) is 38.1 Å². The zero-order valence-electron chi connectivity index (χ0n) is 16.1. The Hall–Kier alpha value is -3.79. The zero-order chi connectivity index (χ0) is 20.4. The van der Waals surface area contributed by atoms with E-state index in [2.05, 4.69) is 16.4 Å². The van der Waals surface area contributed by atoms with Crippen molar-refractivity contribution in [3.05, 3.63) is 53.2 Å². The first-order chi connectivity index (χ1) is 14.2. The van der Waals surface area contributed by atoms with Crippen molar-refractivity contribution in [3.63, 3.8) is 0 Å². The number of benzene rings is 2. The summed E-state index contributed by atoms with van der Waals surface area (Å²) in [6.45, 7) is 5.03. The Kier molecular flexibility index (Phi) is 4.92. The average molecular weight is 389 g/mol. The Balaban J connectivity index is 1.85. The summed E-state index contributed by atoms with van der Waals surface area (Å²) >= 11 is 0. The maximum atomic E-state index is 11.9. The van der Waals surface area contributed by atoms with Crippen molar-refractivity contribution in [1.82, 2.24) is 4.98 Å². The van der Waals surface area contributed by atoms with Gasteiger partial charge in [0, 0.05) is 22.8 Å². The predicted octanol–water partition coefficient (Wildman–Crippen LogP) is 4.32. The number of aromatic nitrogens is 1. The van der Waals surface area contributed by atoms with E-state index in [-0.39, 0.29) is 12.6 Å². The first kappa shape index (κ1) is 18.6. The first-order valence-electron chi connectivity index (χ1n) is 9.34. The highest BCUT2D eigenvalue weighted by Gasteiger charge is 2.22. The summed E-state index contributed by atoms with van der Waals surface area (Å²) in [6.07, 6.45) is 1.50. The number of nitriles is 1. The zero-order valence-corrected chi connectivity index (χ0v) is 16.1. The van der Waals surface area contributed by atoms with Crippen LogP contribution in [-0.2, 0) is 11.3 Å². The molecule has 0 atom stereocenters. The van der Waals surface area contributed by atoms with Gasteiger partial charge in [-0.15, -0.1) is 0 Å². The molecule has 0 bridgehead atoms. The van der Waals surface area contributed by atoms with E-state index >= 15 is 0 Å². The number of ether oxygens (including phenoxy) is 3. The van der Waals surface area contributed by atoms with Crippen molar-refractivity contribution in [1.29, 1.82) is 5.26 Å². The highest BCUT2D eigenvalue weighted by Crippen LogP contribution is 2.39. The fraction of sp³-hybridized carbons (Fsp3) is 0.227. The number of nitrogens with zero attached hydrogens (tertiary/aromatic N) is 2. The molecule has 29 heavy (non-hydrogen) atoms. The van der Waals surface area contributed by atoms with Gasteiger partial charge in [0.15, 0.2) is 11.5 Å². The van der Waals surface area contributed by atoms with Gasteiger partial charge in [-0.25, -0.2) is 4.79 Å². The van der Waals surface area contributed by atoms with E-state index in [9.17, 15) is 10.1 Å². The summed E-state index contributed by atoms with van der Waals surface area (Å²) in [4.78, 5) is 16.3. The Morgan fingerprint density at radius 3 is 2.79 bits per heavy atom. The molecule has 4 rings (SSSR count). The van der Waals surface area contributed by atoms with E-state index in [4.69, 9.17) is 14.2 Å². The van der Waals surface area contributed by atoms with Crippen LogP contribution in [0.5, 0.6) is 11.5 Å². The highest BCUT2D eigenvalue weighted by molar-refractivity contribution is 6.00. The van der Waals surface area contributed by atoms with Crippen molar-refractivity contribution in [2.75, 3.05) is 18.5 Å². The Morgan fingerprint density at radius 2 is 2.03 bits per heavy atom. The van der Waals surface area contributed by atoms with Gasteiger partial charge >= 0.3 is 5.97 Å². The minimum Gasteiger partial charge on any atom is -0.490 e. The van der Waals surface area contributed by atoms with Crippen molar-refractivity contribution < 1.29 is 19.0 Å². The minimum atomic E-state index is -0.344. The number of anilines is 2. The normalized spacial score (nSPS) is 12.2. The predicted molar refractivity (Wildman–Crippen MR) is 108 cm³/mol. The van der Waals surface area contributed by atoms with Gasteiger partial charge in [0.05, 0.1) is 30.0 Å². The summed E-state index contributed by atoms with van der Waals surface area (Å²) in [7, 11) is 0. The number of hydrogen-bond acceptors (Lipinski definition) is 7. The number of carbonyl (C=O) groups excluding carboxylic acids is 1. The minimum absolute atomic E-state index is 0.286. The number of cyclic esters (lactones) is 1.